The van der Waals surface area contributed by atoms with Crippen LogP contribution >= 0.6 is 0 Å². The monoisotopic (exact) mass is 396 g/mol. The Balaban J connectivity index is 2.07. The van der Waals surface area contributed by atoms with Gasteiger partial charge in [0.15, 0.2) is 6.61 Å². The molecule has 0 saturated heterocycles. The second kappa shape index (κ2) is 11.2. The zero-order chi connectivity index (χ0) is 21.2. The normalized spacial score (nSPS) is 12.7. The predicted molar refractivity (Wildman–Crippen MR) is 116 cm³/mol. The summed E-state index contributed by atoms with van der Waals surface area (Å²) in [6.07, 6.45) is 1.52. The molecular formula is C24H32N2O3. The fourth-order valence-electron chi connectivity index (χ4n) is 2.97. The van der Waals surface area contributed by atoms with E-state index in [9.17, 15) is 9.59 Å². The minimum Gasteiger partial charge on any atom is -0.484 e. The number of benzene rings is 2. The summed E-state index contributed by atoms with van der Waals surface area (Å²) in [5, 5.41) is 2.97. The first kappa shape index (κ1) is 22.5. The van der Waals surface area contributed by atoms with Crippen LogP contribution in [-0.4, -0.2) is 41.9 Å². The molecule has 0 spiro atoms. The molecule has 0 aliphatic rings. The molecule has 0 saturated carbocycles. The largest absolute Gasteiger partial charge is 0.484 e. The number of carbonyl (C=O) groups is 2. The number of nitrogens with one attached hydrogen (secondary N) is 1. The lowest BCUT2D eigenvalue weighted by molar-refractivity contribution is -0.141. The van der Waals surface area contributed by atoms with Gasteiger partial charge in [-0.1, -0.05) is 49.4 Å². The first-order valence-corrected chi connectivity index (χ1v) is 10.2. The molecule has 1 N–H and O–H groups in total. The highest BCUT2D eigenvalue weighted by Crippen LogP contribution is 2.13. The molecular weight excluding hydrogens is 364 g/mol. The van der Waals surface area contributed by atoms with E-state index in [1.54, 1.807) is 11.8 Å². The summed E-state index contributed by atoms with van der Waals surface area (Å²) in [5.74, 6) is 0.309. The predicted octanol–water partition coefficient (Wildman–Crippen LogP) is 3.75. The van der Waals surface area contributed by atoms with Gasteiger partial charge in [-0.15, -0.1) is 0 Å². The molecule has 0 heterocycles. The van der Waals surface area contributed by atoms with Crippen LogP contribution in [0.25, 0.3) is 0 Å². The molecule has 2 aromatic rings. The summed E-state index contributed by atoms with van der Waals surface area (Å²) < 4.78 is 5.69. The van der Waals surface area contributed by atoms with Gasteiger partial charge < -0.3 is 15.0 Å². The van der Waals surface area contributed by atoms with Crippen LogP contribution in [0.3, 0.4) is 0 Å². The number of hydrogen-bond donors (Lipinski definition) is 1. The highest BCUT2D eigenvalue weighted by Gasteiger charge is 2.26. The van der Waals surface area contributed by atoms with E-state index in [-0.39, 0.29) is 24.5 Å². The first-order valence-electron chi connectivity index (χ1n) is 10.2. The van der Waals surface area contributed by atoms with Crippen LogP contribution in [0.5, 0.6) is 5.75 Å². The van der Waals surface area contributed by atoms with E-state index in [1.165, 1.54) is 0 Å². The fourth-order valence-corrected chi connectivity index (χ4v) is 2.97. The summed E-state index contributed by atoms with van der Waals surface area (Å²) in [6, 6.07) is 17.0. The Labute approximate surface area is 174 Å². The van der Waals surface area contributed by atoms with Crippen molar-refractivity contribution in [3.63, 3.8) is 0 Å². The van der Waals surface area contributed by atoms with Gasteiger partial charge in [-0.3, -0.25) is 9.59 Å². The van der Waals surface area contributed by atoms with Gasteiger partial charge in [0.2, 0.25) is 5.91 Å². The number of amides is 2. The molecule has 0 radical (unpaired) electrons. The quantitative estimate of drug-likeness (QED) is 0.665. The van der Waals surface area contributed by atoms with E-state index in [1.807, 2.05) is 75.4 Å². The summed E-state index contributed by atoms with van der Waals surface area (Å²) >= 11 is 0. The molecule has 0 aliphatic carbocycles. The second-order valence-electron chi connectivity index (χ2n) is 7.42. The molecule has 0 unspecified atom stereocenters. The number of nitrogens with zero attached hydrogens (tertiary/aromatic N) is 1. The van der Waals surface area contributed by atoms with E-state index >= 15 is 0 Å². The fraction of sp³-hybridized carbons (Fsp3) is 0.417. The maximum absolute atomic E-state index is 12.9. The number of hydrogen-bond acceptors (Lipinski definition) is 3. The second-order valence-corrected chi connectivity index (χ2v) is 7.42. The topological polar surface area (TPSA) is 58.6 Å². The summed E-state index contributed by atoms with van der Waals surface area (Å²) in [5.41, 5.74) is 2.19. The molecule has 2 aromatic carbocycles. The average Bonchev–Trinajstić information content (AvgIpc) is 2.72. The summed E-state index contributed by atoms with van der Waals surface area (Å²) in [4.78, 5) is 27.2. The molecule has 0 aliphatic heterocycles. The molecule has 156 valence electrons. The molecule has 5 nitrogen and oxygen atoms in total. The highest BCUT2D eigenvalue weighted by atomic mass is 16.5. The minimum absolute atomic E-state index is 0.0690. The summed E-state index contributed by atoms with van der Waals surface area (Å²) in [6.45, 7) is 8.08. The highest BCUT2D eigenvalue weighted by molar-refractivity contribution is 5.88. The van der Waals surface area contributed by atoms with Crippen LogP contribution < -0.4 is 10.1 Å². The van der Waals surface area contributed by atoms with Gasteiger partial charge >= 0.3 is 0 Å². The van der Waals surface area contributed by atoms with E-state index in [0.29, 0.717) is 18.7 Å². The summed E-state index contributed by atoms with van der Waals surface area (Å²) in [7, 11) is 0. The van der Waals surface area contributed by atoms with Gasteiger partial charge in [-0.25, -0.2) is 0 Å². The van der Waals surface area contributed by atoms with E-state index < -0.39 is 6.04 Å². The maximum atomic E-state index is 12.9. The Morgan fingerprint density at radius 3 is 2.45 bits per heavy atom. The third-order valence-electron chi connectivity index (χ3n) is 5.00. The SMILES string of the molecule is CC[C@@H](C)NC(=O)[C@H](C)N(CCc1ccccc1)C(=O)COc1cccc(C)c1. The molecule has 2 rings (SSSR count). The number of carbonyl (C=O) groups excluding carboxylic acids is 2. The third-order valence-corrected chi connectivity index (χ3v) is 5.00. The molecule has 5 heteroatoms. The molecule has 0 aromatic heterocycles. The van der Waals surface area contributed by atoms with Crippen molar-refractivity contribution in [3.05, 3.63) is 65.7 Å². The Morgan fingerprint density at radius 1 is 1.07 bits per heavy atom. The van der Waals surface area contributed by atoms with Gasteiger partial charge in [0.05, 0.1) is 0 Å². The van der Waals surface area contributed by atoms with Crippen molar-refractivity contribution in [2.24, 2.45) is 0 Å². The molecule has 2 atom stereocenters. The van der Waals surface area contributed by atoms with Gasteiger partial charge in [-0.2, -0.15) is 0 Å². The number of ether oxygens (including phenoxy) is 1. The Bertz CT molecular complexity index is 792. The average molecular weight is 397 g/mol. The third kappa shape index (κ3) is 7.26. The van der Waals surface area contributed by atoms with Gasteiger partial charge in [-0.05, 0) is 56.9 Å². The molecule has 2 amide bonds. The van der Waals surface area contributed by atoms with Crippen molar-refractivity contribution >= 4 is 11.8 Å². The smallest absolute Gasteiger partial charge is 0.261 e. The van der Waals surface area contributed by atoms with Crippen LogP contribution in [0.1, 0.15) is 38.3 Å². The first-order chi connectivity index (χ1) is 13.9. The van der Waals surface area contributed by atoms with E-state index in [2.05, 4.69) is 5.32 Å². The Kier molecular flexibility index (Phi) is 8.71. The van der Waals surface area contributed by atoms with Crippen molar-refractivity contribution in [2.45, 2.75) is 52.6 Å². The Hall–Kier alpha value is -2.82. The Morgan fingerprint density at radius 2 is 1.79 bits per heavy atom. The van der Waals surface area contributed by atoms with Crippen molar-refractivity contribution in [2.75, 3.05) is 13.2 Å². The lowest BCUT2D eigenvalue weighted by Gasteiger charge is -2.29. The lowest BCUT2D eigenvalue weighted by atomic mass is 10.1. The van der Waals surface area contributed by atoms with E-state index in [4.69, 9.17) is 4.74 Å². The van der Waals surface area contributed by atoms with Gasteiger partial charge in [0, 0.05) is 12.6 Å². The van der Waals surface area contributed by atoms with Crippen LogP contribution in [-0.2, 0) is 16.0 Å². The molecule has 0 fully saturated rings. The number of aryl methyl sites for hydroxylation is 1. The van der Waals surface area contributed by atoms with E-state index in [0.717, 1.165) is 17.5 Å². The zero-order valence-corrected chi connectivity index (χ0v) is 17.9. The van der Waals surface area contributed by atoms with Crippen LogP contribution in [0, 0.1) is 6.92 Å². The van der Waals surface area contributed by atoms with Gasteiger partial charge in [0.1, 0.15) is 11.8 Å². The van der Waals surface area contributed by atoms with Crippen molar-refractivity contribution in [1.29, 1.82) is 0 Å². The standard InChI is InChI=1S/C24H32N2O3/c1-5-19(3)25-24(28)20(4)26(15-14-21-11-7-6-8-12-21)23(27)17-29-22-13-9-10-18(2)16-22/h6-13,16,19-20H,5,14-15,17H2,1-4H3,(H,25,28)/t19-,20+/m1/s1. The van der Waals surface area contributed by atoms with Crippen molar-refractivity contribution < 1.29 is 14.3 Å². The van der Waals surface area contributed by atoms with Crippen LogP contribution in [0.2, 0.25) is 0 Å². The lowest BCUT2D eigenvalue weighted by Crippen LogP contribution is -2.51. The maximum Gasteiger partial charge on any atom is 0.261 e. The number of rotatable bonds is 10. The molecule has 29 heavy (non-hydrogen) atoms. The minimum atomic E-state index is -0.568. The van der Waals surface area contributed by atoms with Gasteiger partial charge in [0.25, 0.3) is 5.91 Å². The zero-order valence-electron chi connectivity index (χ0n) is 17.9. The molecule has 0 bridgehead atoms. The van der Waals surface area contributed by atoms with Crippen molar-refractivity contribution in [1.82, 2.24) is 10.2 Å². The van der Waals surface area contributed by atoms with Crippen LogP contribution in [0.15, 0.2) is 54.6 Å². The van der Waals surface area contributed by atoms with Crippen molar-refractivity contribution in [3.8, 4) is 5.75 Å². The van der Waals surface area contributed by atoms with Crippen LogP contribution in [0.4, 0.5) is 0 Å².